The molecule has 2 aromatic heterocycles. The minimum Gasteiger partial charge on any atom is -0.260 e. The van der Waals surface area contributed by atoms with Gasteiger partial charge in [-0.1, -0.05) is 0 Å². The molecule has 90 valence electrons. The molecule has 0 bridgehead atoms. The van der Waals surface area contributed by atoms with E-state index in [9.17, 15) is 0 Å². The first kappa shape index (κ1) is 12.5. The fourth-order valence-corrected chi connectivity index (χ4v) is 1.85. The summed E-state index contributed by atoms with van der Waals surface area (Å²) in [6.45, 7) is 0. The third kappa shape index (κ3) is 3.02. The lowest BCUT2D eigenvalue weighted by molar-refractivity contribution is 1.04. The van der Waals surface area contributed by atoms with Crippen LogP contribution in [0.15, 0.2) is 24.8 Å². The molecule has 0 aliphatic rings. The van der Waals surface area contributed by atoms with E-state index in [0.717, 1.165) is 11.4 Å². The Morgan fingerprint density at radius 3 is 2.67 bits per heavy atom. The highest BCUT2D eigenvalue weighted by Gasteiger charge is 2.04. The average Bonchev–Trinajstić information content (AvgIpc) is 2.41. The Morgan fingerprint density at radius 2 is 2.00 bits per heavy atom. The number of nitriles is 1. The van der Waals surface area contributed by atoms with Gasteiger partial charge in [0.1, 0.15) is 11.4 Å². The van der Waals surface area contributed by atoms with Gasteiger partial charge in [0.2, 0.25) is 0 Å². The van der Waals surface area contributed by atoms with E-state index in [-0.39, 0.29) is 6.42 Å². The fourth-order valence-electron chi connectivity index (χ4n) is 1.41. The highest BCUT2D eigenvalue weighted by Crippen LogP contribution is 2.13. The van der Waals surface area contributed by atoms with Crippen LogP contribution in [0.2, 0.25) is 0 Å². The molecule has 6 heteroatoms. The quantitative estimate of drug-likeness (QED) is 0.832. The van der Waals surface area contributed by atoms with Gasteiger partial charge in [0, 0.05) is 11.9 Å². The van der Waals surface area contributed by atoms with Crippen molar-refractivity contribution in [3.63, 3.8) is 0 Å². The zero-order valence-corrected chi connectivity index (χ0v) is 10.7. The molecule has 0 saturated carbocycles. The van der Waals surface area contributed by atoms with E-state index in [1.165, 1.54) is 0 Å². The van der Waals surface area contributed by atoms with Crippen LogP contribution in [0.5, 0.6) is 0 Å². The van der Waals surface area contributed by atoms with Gasteiger partial charge in [0.25, 0.3) is 0 Å². The topological polar surface area (TPSA) is 75.3 Å². The van der Waals surface area contributed by atoms with Crippen LogP contribution >= 0.6 is 11.8 Å². The molecular weight excluding hydrogens is 246 g/mol. The van der Waals surface area contributed by atoms with Crippen LogP contribution in [-0.2, 0) is 12.2 Å². The largest absolute Gasteiger partial charge is 0.260 e. The summed E-state index contributed by atoms with van der Waals surface area (Å²) >= 11 is 1.70. The summed E-state index contributed by atoms with van der Waals surface area (Å²) in [6, 6.07) is 2.05. The number of thioether (sulfide) groups is 1. The third-order valence-electron chi connectivity index (χ3n) is 2.20. The summed E-state index contributed by atoms with van der Waals surface area (Å²) in [5.41, 5.74) is 2.90. The van der Waals surface area contributed by atoms with Crippen molar-refractivity contribution in [1.82, 2.24) is 19.9 Å². The maximum Gasteiger partial charge on any atom is 0.109 e. The van der Waals surface area contributed by atoms with Crippen molar-refractivity contribution in [3.05, 3.63) is 36.2 Å². The van der Waals surface area contributed by atoms with Crippen molar-refractivity contribution in [1.29, 1.82) is 5.26 Å². The molecule has 0 aromatic carbocycles. The van der Waals surface area contributed by atoms with Crippen molar-refractivity contribution in [2.24, 2.45) is 0 Å². The molecule has 0 spiro atoms. The van der Waals surface area contributed by atoms with Crippen LogP contribution in [0.25, 0.3) is 11.4 Å². The van der Waals surface area contributed by atoms with E-state index >= 15 is 0 Å². The van der Waals surface area contributed by atoms with E-state index in [2.05, 4.69) is 19.9 Å². The molecule has 0 N–H and O–H groups in total. The van der Waals surface area contributed by atoms with E-state index in [1.54, 1.807) is 36.5 Å². The molecule has 0 fully saturated rings. The Kier molecular flexibility index (Phi) is 4.20. The normalized spacial score (nSPS) is 10.0. The van der Waals surface area contributed by atoms with Gasteiger partial charge >= 0.3 is 0 Å². The van der Waals surface area contributed by atoms with E-state index in [1.807, 2.05) is 12.3 Å². The lowest BCUT2D eigenvalue weighted by Crippen LogP contribution is -1.96. The molecule has 0 unspecified atom stereocenters. The lowest BCUT2D eigenvalue weighted by Gasteiger charge is -2.02. The Morgan fingerprint density at radius 1 is 1.11 bits per heavy atom. The molecule has 18 heavy (non-hydrogen) atoms. The summed E-state index contributed by atoms with van der Waals surface area (Å²) in [5.74, 6) is 0.841. The van der Waals surface area contributed by atoms with Gasteiger partial charge in [-0.3, -0.25) is 15.0 Å². The standard InChI is InChI=1S/C12H11N5S/c1-18-8-10-5-16-11(7-15-10)12-6-14-4-9(17-12)2-3-13/h4-7H,2,8H2,1H3. The van der Waals surface area contributed by atoms with Crippen LogP contribution < -0.4 is 0 Å². The minimum absolute atomic E-state index is 0.249. The van der Waals surface area contributed by atoms with Gasteiger partial charge in [0.15, 0.2) is 0 Å². The fraction of sp³-hybridized carbons (Fsp3) is 0.250. The van der Waals surface area contributed by atoms with E-state index in [0.29, 0.717) is 17.1 Å². The molecule has 2 heterocycles. The maximum atomic E-state index is 8.63. The molecule has 0 aliphatic heterocycles. The first-order chi connectivity index (χ1) is 8.83. The smallest absolute Gasteiger partial charge is 0.109 e. The average molecular weight is 257 g/mol. The first-order valence-corrected chi connectivity index (χ1v) is 6.71. The lowest BCUT2D eigenvalue weighted by atomic mass is 10.3. The van der Waals surface area contributed by atoms with Crippen LogP contribution in [0, 0.1) is 11.3 Å². The Bertz CT molecular complexity index is 561. The molecule has 2 aromatic rings. The second kappa shape index (κ2) is 6.07. The number of hydrogen-bond acceptors (Lipinski definition) is 6. The highest BCUT2D eigenvalue weighted by atomic mass is 32.2. The van der Waals surface area contributed by atoms with Crippen molar-refractivity contribution < 1.29 is 0 Å². The van der Waals surface area contributed by atoms with Crippen molar-refractivity contribution >= 4 is 11.8 Å². The maximum absolute atomic E-state index is 8.63. The van der Waals surface area contributed by atoms with Crippen LogP contribution in [-0.4, -0.2) is 26.2 Å². The van der Waals surface area contributed by atoms with Crippen molar-refractivity contribution in [2.75, 3.05) is 6.26 Å². The Balaban J connectivity index is 2.25. The molecule has 2 rings (SSSR count). The minimum atomic E-state index is 0.249. The summed E-state index contributed by atoms with van der Waals surface area (Å²) in [6.07, 6.45) is 8.91. The molecule has 0 aliphatic carbocycles. The van der Waals surface area contributed by atoms with Crippen LogP contribution in [0.1, 0.15) is 11.4 Å². The first-order valence-electron chi connectivity index (χ1n) is 5.31. The van der Waals surface area contributed by atoms with Gasteiger partial charge in [-0.15, -0.1) is 0 Å². The zero-order valence-electron chi connectivity index (χ0n) is 9.87. The van der Waals surface area contributed by atoms with Crippen LogP contribution in [0.3, 0.4) is 0 Å². The van der Waals surface area contributed by atoms with E-state index in [4.69, 9.17) is 5.26 Å². The third-order valence-corrected chi connectivity index (χ3v) is 2.79. The van der Waals surface area contributed by atoms with Gasteiger partial charge < -0.3 is 0 Å². The monoisotopic (exact) mass is 257 g/mol. The van der Waals surface area contributed by atoms with Gasteiger partial charge in [-0.25, -0.2) is 4.98 Å². The number of hydrogen-bond donors (Lipinski definition) is 0. The van der Waals surface area contributed by atoms with Gasteiger partial charge in [0.05, 0.1) is 42.5 Å². The van der Waals surface area contributed by atoms with Crippen molar-refractivity contribution in [3.8, 4) is 17.5 Å². The Labute approximate surface area is 109 Å². The second-order valence-electron chi connectivity index (χ2n) is 3.56. The predicted molar refractivity (Wildman–Crippen MR) is 69.6 cm³/mol. The molecule has 0 radical (unpaired) electrons. The predicted octanol–water partition coefficient (Wildman–Crippen LogP) is 1.86. The second-order valence-corrected chi connectivity index (χ2v) is 4.42. The Hall–Kier alpha value is -2.00. The molecule has 5 nitrogen and oxygen atoms in total. The summed E-state index contributed by atoms with van der Waals surface area (Å²) in [7, 11) is 0. The highest BCUT2D eigenvalue weighted by molar-refractivity contribution is 7.97. The summed E-state index contributed by atoms with van der Waals surface area (Å²) < 4.78 is 0. The van der Waals surface area contributed by atoms with E-state index < -0.39 is 0 Å². The number of aromatic nitrogens is 4. The summed E-state index contributed by atoms with van der Waals surface area (Å²) in [4.78, 5) is 17.0. The number of nitrogens with zero attached hydrogens (tertiary/aromatic N) is 5. The number of rotatable bonds is 4. The summed E-state index contributed by atoms with van der Waals surface area (Å²) in [5, 5.41) is 8.63. The molecule has 0 saturated heterocycles. The zero-order chi connectivity index (χ0) is 12.8. The molecular formula is C12H11N5S. The van der Waals surface area contributed by atoms with Crippen molar-refractivity contribution in [2.45, 2.75) is 12.2 Å². The van der Waals surface area contributed by atoms with Crippen LogP contribution in [0.4, 0.5) is 0 Å². The SMILES string of the molecule is CSCc1cnc(-c2cncc(CC#N)n2)cn1. The molecule has 0 amide bonds. The van der Waals surface area contributed by atoms with Gasteiger partial charge in [-0.05, 0) is 6.26 Å². The molecule has 0 atom stereocenters. The van der Waals surface area contributed by atoms with Gasteiger partial charge in [-0.2, -0.15) is 17.0 Å².